The number of aromatic nitrogens is 1. The van der Waals surface area contributed by atoms with Crippen molar-refractivity contribution in [3.63, 3.8) is 0 Å². The summed E-state index contributed by atoms with van der Waals surface area (Å²) in [5, 5.41) is 9.30. The first-order valence-electron chi connectivity index (χ1n) is 12.4. The Morgan fingerprint density at radius 2 is 1.84 bits per heavy atom. The van der Waals surface area contributed by atoms with Gasteiger partial charge in [0.15, 0.2) is 0 Å². The normalized spacial score (nSPS) is 16.4. The molecule has 10 heteroatoms. The lowest BCUT2D eigenvalue weighted by atomic mass is 9.96. The summed E-state index contributed by atoms with van der Waals surface area (Å²) in [7, 11) is -3.95. The maximum Gasteiger partial charge on any atom is 0.303 e. The van der Waals surface area contributed by atoms with Gasteiger partial charge in [-0.3, -0.25) is 14.6 Å². The molecule has 38 heavy (non-hydrogen) atoms. The molecular formula is C28H30ClN3O5S. The van der Waals surface area contributed by atoms with Gasteiger partial charge in [-0.2, -0.15) is 4.31 Å². The van der Waals surface area contributed by atoms with Crippen molar-refractivity contribution >= 4 is 33.5 Å². The number of carboxylic acids is 1. The predicted octanol–water partition coefficient (Wildman–Crippen LogP) is 4.85. The van der Waals surface area contributed by atoms with Gasteiger partial charge in [-0.1, -0.05) is 35.9 Å². The molecule has 1 N–H and O–H groups in total. The Morgan fingerprint density at radius 3 is 2.58 bits per heavy atom. The van der Waals surface area contributed by atoms with Crippen molar-refractivity contribution < 1.29 is 23.1 Å². The van der Waals surface area contributed by atoms with Gasteiger partial charge in [-0.25, -0.2) is 8.42 Å². The highest BCUT2D eigenvalue weighted by molar-refractivity contribution is 7.89. The Kier molecular flexibility index (Phi) is 8.50. The molecular weight excluding hydrogens is 526 g/mol. The number of rotatable bonds is 8. The monoisotopic (exact) mass is 555 g/mol. The molecule has 3 aromatic rings. The van der Waals surface area contributed by atoms with E-state index in [9.17, 15) is 18.0 Å². The van der Waals surface area contributed by atoms with Crippen LogP contribution in [-0.4, -0.2) is 59.2 Å². The van der Waals surface area contributed by atoms with Crippen LogP contribution in [0.25, 0.3) is 11.1 Å². The molecule has 1 unspecified atom stereocenters. The fourth-order valence-electron chi connectivity index (χ4n) is 4.81. The van der Waals surface area contributed by atoms with E-state index in [1.54, 1.807) is 42.4 Å². The number of aryl methyl sites for hydroxylation is 1. The minimum absolute atomic E-state index is 0.0924. The number of pyridine rings is 1. The number of nitrogens with zero attached hydrogens (tertiary/aromatic N) is 3. The lowest BCUT2D eigenvalue weighted by molar-refractivity contribution is -0.137. The molecule has 0 bridgehead atoms. The van der Waals surface area contributed by atoms with Crippen LogP contribution in [0.5, 0.6) is 0 Å². The number of sulfonamides is 1. The minimum atomic E-state index is -3.95. The molecule has 0 radical (unpaired) electrons. The molecule has 0 aliphatic carbocycles. The standard InChI is InChI=1S/C28H30ClN3O5S/c1-19-17-30-13-12-23(19)21-6-3-7-22(16-21)25-18-31(27(33)10-5-11-28(34)35)14-15-32(25)38(36,37)26-9-4-8-24(29)20(26)2/h3-4,6-9,12-13,16-17,25H,5,10-11,14-15,18H2,1-2H3,(H,34,35). The summed E-state index contributed by atoms with van der Waals surface area (Å²) in [4.78, 5) is 29.8. The minimum Gasteiger partial charge on any atom is -0.481 e. The van der Waals surface area contributed by atoms with Gasteiger partial charge >= 0.3 is 5.97 Å². The quantitative estimate of drug-likeness (QED) is 0.426. The SMILES string of the molecule is Cc1cnccc1-c1cccc(C2CN(C(=O)CCCC(=O)O)CCN2S(=O)(=O)c2cccc(Cl)c2C)c1. The molecule has 1 saturated heterocycles. The van der Waals surface area contributed by atoms with E-state index in [0.29, 0.717) is 10.6 Å². The van der Waals surface area contributed by atoms with Gasteiger partial charge in [0.25, 0.3) is 0 Å². The number of halogens is 1. The molecule has 2 heterocycles. The number of hydrogen-bond donors (Lipinski definition) is 1. The van der Waals surface area contributed by atoms with Crippen molar-refractivity contribution in [1.29, 1.82) is 0 Å². The van der Waals surface area contributed by atoms with Crippen molar-refractivity contribution in [1.82, 2.24) is 14.2 Å². The Morgan fingerprint density at radius 1 is 1.08 bits per heavy atom. The van der Waals surface area contributed by atoms with Gasteiger partial charge in [0, 0.05) is 49.9 Å². The number of carboxylic acid groups (broad SMARTS) is 1. The molecule has 8 nitrogen and oxygen atoms in total. The topological polar surface area (TPSA) is 108 Å². The Bertz CT molecular complexity index is 1460. The fraction of sp³-hybridized carbons (Fsp3) is 0.321. The van der Waals surface area contributed by atoms with Crippen LogP contribution in [-0.2, 0) is 19.6 Å². The zero-order chi connectivity index (χ0) is 27.4. The number of piperazine rings is 1. The first-order chi connectivity index (χ1) is 18.1. The molecule has 1 aromatic heterocycles. The third kappa shape index (κ3) is 5.90. The molecule has 1 atom stereocenters. The zero-order valence-electron chi connectivity index (χ0n) is 21.3. The van der Waals surface area contributed by atoms with Crippen molar-refractivity contribution in [2.45, 2.75) is 44.0 Å². The molecule has 1 aliphatic heterocycles. The number of carbonyl (C=O) groups excluding carboxylic acids is 1. The van der Waals surface area contributed by atoms with E-state index in [4.69, 9.17) is 16.7 Å². The summed E-state index contributed by atoms with van der Waals surface area (Å²) >= 11 is 6.27. The van der Waals surface area contributed by atoms with E-state index >= 15 is 0 Å². The second-order valence-corrected chi connectivity index (χ2v) is 11.7. The number of amides is 1. The fourth-order valence-corrected chi connectivity index (χ4v) is 6.88. The van der Waals surface area contributed by atoms with Crippen LogP contribution in [0.3, 0.4) is 0 Å². The van der Waals surface area contributed by atoms with Crippen LogP contribution in [0.1, 0.15) is 42.0 Å². The number of hydrogen-bond acceptors (Lipinski definition) is 5. The first kappa shape index (κ1) is 27.8. The maximum atomic E-state index is 14.0. The van der Waals surface area contributed by atoms with Crippen molar-refractivity contribution in [2.24, 2.45) is 0 Å². The van der Waals surface area contributed by atoms with E-state index in [0.717, 1.165) is 22.3 Å². The van der Waals surface area contributed by atoms with Crippen LogP contribution in [0.2, 0.25) is 5.02 Å². The van der Waals surface area contributed by atoms with Crippen molar-refractivity contribution in [3.05, 3.63) is 82.6 Å². The van der Waals surface area contributed by atoms with Gasteiger partial charge in [0.1, 0.15) is 0 Å². The van der Waals surface area contributed by atoms with Gasteiger partial charge in [-0.15, -0.1) is 0 Å². The first-order valence-corrected chi connectivity index (χ1v) is 14.2. The predicted molar refractivity (Wildman–Crippen MR) is 145 cm³/mol. The second-order valence-electron chi connectivity index (χ2n) is 9.40. The van der Waals surface area contributed by atoms with E-state index in [-0.39, 0.29) is 49.7 Å². The smallest absolute Gasteiger partial charge is 0.303 e. The van der Waals surface area contributed by atoms with Gasteiger partial charge in [0.05, 0.1) is 10.9 Å². The molecule has 2 aromatic carbocycles. The van der Waals surface area contributed by atoms with Crippen LogP contribution in [0.4, 0.5) is 0 Å². The maximum absolute atomic E-state index is 14.0. The van der Waals surface area contributed by atoms with Gasteiger partial charge in [-0.05, 0) is 72.4 Å². The third-order valence-electron chi connectivity index (χ3n) is 6.87. The lowest BCUT2D eigenvalue weighted by Gasteiger charge is -2.41. The largest absolute Gasteiger partial charge is 0.481 e. The van der Waals surface area contributed by atoms with Crippen LogP contribution >= 0.6 is 11.6 Å². The molecule has 200 valence electrons. The highest BCUT2D eigenvalue weighted by Crippen LogP contribution is 2.35. The number of aliphatic carboxylic acids is 1. The third-order valence-corrected chi connectivity index (χ3v) is 9.33. The molecule has 1 fully saturated rings. The molecule has 4 rings (SSSR count). The zero-order valence-corrected chi connectivity index (χ0v) is 22.9. The van der Waals surface area contributed by atoms with E-state index in [1.165, 1.54) is 4.31 Å². The summed E-state index contributed by atoms with van der Waals surface area (Å²) in [6.45, 7) is 4.11. The average molecular weight is 556 g/mol. The summed E-state index contributed by atoms with van der Waals surface area (Å²) in [6.07, 6.45) is 3.72. The Balaban J connectivity index is 1.73. The van der Waals surface area contributed by atoms with Gasteiger partial charge < -0.3 is 10.0 Å². The van der Waals surface area contributed by atoms with Crippen LogP contribution in [0, 0.1) is 13.8 Å². The number of carbonyl (C=O) groups is 2. The highest BCUT2D eigenvalue weighted by atomic mass is 35.5. The molecule has 0 saturated carbocycles. The summed E-state index contributed by atoms with van der Waals surface area (Å²) in [6, 6.07) is 13.8. The average Bonchev–Trinajstić information content (AvgIpc) is 2.90. The van der Waals surface area contributed by atoms with Crippen LogP contribution < -0.4 is 0 Å². The Labute approximate surface area is 227 Å². The summed E-state index contributed by atoms with van der Waals surface area (Å²) in [5.74, 6) is -1.14. The molecule has 0 spiro atoms. The van der Waals surface area contributed by atoms with E-state index < -0.39 is 22.0 Å². The van der Waals surface area contributed by atoms with Gasteiger partial charge in [0.2, 0.25) is 15.9 Å². The lowest BCUT2D eigenvalue weighted by Crippen LogP contribution is -2.52. The Hall–Kier alpha value is -3.27. The molecule has 1 amide bonds. The summed E-state index contributed by atoms with van der Waals surface area (Å²) < 4.78 is 29.4. The highest BCUT2D eigenvalue weighted by Gasteiger charge is 2.39. The van der Waals surface area contributed by atoms with E-state index in [1.807, 2.05) is 37.3 Å². The van der Waals surface area contributed by atoms with E-state index in [2.05, 4.69) is 4.98 Å². The van der Waals surface area contributed by atoms with Crippen molar-refractivity contribution in [3.8, 4) is 11.1 Å². The number of benzene rings is 2. The molecule has 1 aliphatic rings. The van der Waals surface area contributed by atoms with Crippen LogP contribution in [0.15, 0.2) is 65.8 Å². The van der Waals surface area contributed by atoms with Crippen molar-refractivity contribution in [2.75, 3.05) is 19.6 Å². The second kappa shape index (κ2) is 11.6. The summed E-state index contributed by atoms with van der Waals surface area (Å²) in [5.41, 5.74) is 4.12.